The largest absolute Gasteiger partial charge is 0.492 e. The van der Waals surface area contributed by atoms with E-state index in [2.05, 4.69) is 15.7 Å². The second-order valence-electron chi connectivity index (χ2n) is 4.70. The number of hydrazone groups is 1. The van der Waals surface area contributed by atoms with Crippen molar-refractivity contribution in [2.24, 2.45) is 16.7 Å². The fourth-order valence-electron chi connectivity index (χ4n) is 2.13. The van der Waals surface area contributed by atoms with Crippen molar-refractivity contribution in [3.05, 3.63) is 28.8 Å². The van der Waals surface area contributed by atoms with E-state index in [1.54, 1.807) is 6.07 Å². The van der Waals surface area contributed by atoms with E-state index in [0.717, 1.165) is 10.7 Å². The molecule has 2 rings (SSSR count). The number of rotatable bonds is 3. The second-order valence-corrected chi connectivity index (χ2v) is 4.70. The van der Waals surface area contributed by atoms with Gasteiger partial charge in [0.15, 0.2) is 0 Å². The molecule has 1 heterocycles. The first-order chi connectivity index (χ1) is 10.4. The monoisotopic (exact) mass is 306 g/mol. The minimum Gasteiger partial charge on any atom is -0.492 e. The molecule has 0 saturated carbocycles. The molecule has 22 heavy (non-hydrogen) atoms. The Kier molecular flexibility index (Phi) is 4.47. The summed E-state index contributed by atoms with van der Waals surface area (Å²) < 4.78 is 5.46. The summed E-state index contributed by atoms with van der Waals surface area (Å²) in [4.78, 5) is 24.1. The van der Waals surface area contributed by atoms with Gasteiger partial charge in [0.1, 0.15) is 5.75 Å². The van der Waals surface area contributed by atoms with E-state index in [4.69, 9.17) is 16.3 Å². The maximum atomic E-state index is 12.2. The van der Waals surface area contributed by atoms with Crippen molar-refractivity contribution in [3.63, 3.8) is 0 Å². The van der Waals surface area contributed by atoms with E-state index in [0.29, 0.717) is 29.9 Å². The minimum absolute atomic E-state index is 0.145. The van der Waals surface area contributed by atoms with E-state index < -0.39 is 5.91 Å². The van der Waals surface area contributed by atoms with E-state index in [1.165, 1.54) is 20.2 Å². The lowest BCUT2D eigenvalue weighted by Gasteiger charge is -2.11. The molecule has 0 fully saturated rings. The second kappa shape index (κ2) is 6.31. The molecule has 0 aliphatic carbocycles. The van der Waals surface area contributed by atoms with Crippen LogP contribution in [0, 0.1) is 0 Å². The molecule has 0 atom stereocenters. The van der Waals surface area contributed by atoms with Crippen LogP contribution in [0.3, 0.4) is 0 Å². The third-order valence-electron chi connectivity index (χ3n) is 3.02. The Morgan fingerprint density at radius 3 is 2.73 bits per heavy atom. The topological polar surface area (TPSA) is 135 Å². The molecule has 1 aromatic rings. The van der Waals surface area contributed by atoms with Gasteiger partial charge in [-0.2, -0.15) is 0 Å². The van der Waals surface area contributed by atoms with Gasteiger partial charge in [-0.1, -0.05) is 0 Å². The van der Waals surface area contributed by atoms with Crippen molar-refractivity contribution < 1.29 is 14.3 Å². The number of amides is 2. The number of carbonyl (C=O) groups is 2. The van der Waals surface area contributed by atoms with Crippen molar-refractivity contribution >= 4 is 17.8 Å². The molecule has 9 heteroatoms. The zero-order valence-electron chi connectivity index (χ0n) is 12.3. The first-order valence-corrected chi connectivity index (χ1v) is 6.58. The molecule has 0 radical (unpaired) electrons. The quantitative estimate of drug-likeness (QED) is 0.238. The molecule has 118 valence electrons. The number of nitrogens with two attached hydrogens (primary N) is 2. The van der Waals surface area contributed by atoms with E-state index in [9.17, 15) is 9.59 Å². The van der Waals surface area contributed by atoms with Gasteiger partial charge in [0.25, 0.3) is 11.8 Å². The molecular formula is C13H18N6O3. The molecule has 0 unspecified atom stereocenters. The number of nitrogens with zero attached hydrogens (tertiary/aromatic N) is 2. The smallest absolute Gasteiger partial charge is 0.258 e. The Morgan fingerprint density at radius 1 is 1.36 bits per heavy atom. The first kappa shape index (κ1) is 15.6. The molecule has 9 nitrogen and oxygen atoms in total. The van der Waals surface area contributed by atoms with Gasteiger partial charge in [-0.3, -0.25) is 14.9 Å². The number of benzene rings is 1. The highest BCUT2D eigenvalue weighted by Gasteiger charge is 2.23. The van der Waals surface area contributed by atoms with Crippen LogP contribution in [0.15, 0.2) is 17.2 Å². The Balaban J connectivity index is 2.32. The molecule has 6 N–H and O–H groups in total. The van der Waals surface area contributed by atoms with Gasteiger partial charge in [-0.15, -0.1) is 5.10 Å². The van der Waals surface area contributed by atoms with Crippen LogP contribution in [0.25, 0.3) is 0 Å². The summed E-state index contributed by atoms with van der Waals surface area (Å²) in [6, 6.07) is 3.13. The highest BCUT2D eigenvalue weighted by atomic mass is 16.5. The van der Waals surface area contributed by atoms with Crippen LogP contribution >= 0.6 is 0 Å². The van der Waals surface area contributed by atoms with Crippen molar-refractivity contribution in [1.82, 2.24) is 15.8 Å². The Hall–Kier alpha value is -2.81. The van der Waals surface area contributed by atoms with Crippen molar-refractivity contribution in [2.45, 2.75) is 6.42 Å². The van der Waals surface area contributed by atoms with Crippen LogP contribution in [0.2, 0.25) is 0 Å². The van der Waals surface area contributed by atoms with Crippen LogP contribution in [0.1, 0.15) is 26.3 Å². The number of fused-ring (bicyclic) bond motifs is 1. The summed E-state index contributed by atoms with van der Waals surface area (Å²) in [5, 5.41) is 9.55. The molecule has 0 bridgehead atoms. The average Bonchev–Trinajstić information content (AvgIpc) is 2.92. The van der Waals surface area contributed by atoms with Crippen LogP contribution < -0.4 is 26.9 Å². The minimum atomic E-state index is -0.483. The van der Waals surface area contributed by atoms with Gasteiger partial charge in [-0.05, 0) is 17.7 Å². The van der Waals surface area contributed by atoms with Crippen LogP contribution in [0.5, 0.6) is 5.75 Å². The summed E-state index contributed by atoms with van der Waals surface area (Å²) in [7, 11) is 2.98. The normalized spacial score (nSPS) is 13.1. The summed E-state index contributed by atoms with van der Waals surface area (Å²) >= 11 is 0. The number of carbonyl (C=O) groups excluding carboxylic acids is 2. The number of hydrazine groups is 1. The van der Waals surface area contributed by atoms with Gasteiger partial charge >= 0.3 is 0 Å². The molecule has 1 aromatic carbocycles. The van der Waals surface area contributed by atoms with E-state index in [-0.39, 0.29) is 11.9 Å². The summed E-state index contributed by atoms with van der Waals surface area (Å²) in [5.41, 5.74) is 6.95. The van der Waals surface area contributed by atoms with Crippen LogP contribution in [-0.4, -0.2) is 43.6 Å². The predicted molar refractivity (Wildman–Crippen MR) is 80.1 cm³/mol. The number of nitrogens with one attached hydrogen (secondary N) is 2. The van der Waals surface area contributed by atoms with E-state index in [1.807, 2.05) is 0 Å². The third kappa shape index (κ3) is 3.26. The molecule has 2 amide bonds. The number of hydrogen-bond donors (Lipinski definition) is 4. The fourth-order valence-corrected chi connectivity index (χ4v) is 2.13. The standard InChI is InChI=1S/C13H18N6O3/c1-16-12(21)9-6-8(5-7-3-4-22-10(7)9)11(20)17-13(14)18-19(2)15/h5-6H,3-4,15H2,1-2H3,(H,16,21)(H3,14,17,18,20). The number of ether oxygens (including phenoxy) is 1. The predicted octanol–water partition coefficient (Wildman–Crippen LogP) is -1.25. The van der Waals surface area contributed by atoms with Crippen molar-refractivity contribution in [3.8, 4) is 5.75 Å². The summed E-state index contributed by atoms with van der Waals surface area (Å²) in [6.45, 7) is 0.478. The highest BCUT2D eigenvalue weighted by Crippen LogP contribution is 2.31. The Bertz CT molecular complexity index is 641. The van der Waals surface area contributed by atoms with Gasteiger partial charge in [0, 0.05) is 26.1 Å². The lowest BCUT2D eigenvalue weighted by Crippen LogP contribution is -2.39. The molecular weight excluding hydrogens is 288 g/mol. The third-order valence-corrected chi connectivity index (χ3v) is 3.02. The van der Waals surface area contributed by atoms with Crippen molar-refractivity contribution in [1.29, 1.82) is 0 Å². The fraction of sp³-hybridized carbons (Fsp3) is 0.308. The highest BCUT2D eigenvalue weighted by molar-refractivity contribution is 6.07. The average molecular weight is 306 g/mol. The zero-order chi connectivity index (χ0) is 16.3. The molecule has 0 aromatic heterocycles. The molecule has 1 aliphatic heterocycles. The first-order valence-electron chi connectivity index (χ1n) is 6.58. The van der Waals surface area contributed by atoms with Crippen LogP contribution in [0.4, 0.5) is 0 Å². The van der Waals surface area contributed by atoms with Gasteiger partial charge in [-0.25, -0.2) is 11.0 Å². The lowest BCUT2D eigenvalue weighted by molar-refractivity contribution is 0.0960. The Labute approximate surface area is 127 Å². The lowest BCUT2D eigenvalue weighted by atomic mass is 10.0. The SMILES string of the molecule is CNC(=O)c1cc(C(=O)N/C(N)=N/N(C)N)cc2c1OCC2. The van der Waals surface area contributed by atoms with Gasteiger partial charge in [0.2, 0.25) is 5.96 Å². The number of guanidine groups is 1. The summed E-state index contributed by atoms with van der Waals surface area (Å²) in [6.07, 6.45) is 0.634. The molecule has 0 spiro atoms. The maximum absolute atomic E-state index is 12.2. The van der Waals surface area contributed by atoms with Gasteiger partial charge in [0.05, 0.1) is 12.2 Å². The zero-order valence-corrected chi connectivity index (χ0v) is 12.3. The Morgan fingerprint density at radius 2 is 2.09 bits per heavy atom. The maximum Gasteiger partial charge on any atom is 0.258 e. The molecule has 1 aliphatic rings. The van der Waals surface area contributed by atoms with E-state index >= 15 is 0 Å². The number of hydrogen-bond acceptors (Lipinski definition) is 6. The van der Waals surface area contributed by atoms with Gasteiger partial charge < -0.3 is 15.8 Å². The summed E-state index contributed by atoms with van der Waals surface area (Å²) in [5.74, 6) is 4.87. The van der Waals surface area contributed by atoms with Crippen LogP contribution in [-0.2, 0) is 6.42 Å². The molecule has 0 saturated heterocycles. The van der Waals surface area contributed by atoms with Crippen molar-refractivity contribution in [2.75, 3.05) is 20.7 Å².